The topological polar surface area (TPSA) is 60.7 Å². The number of methoxy groups -OCH3 is 2. The fraction of sp³-hybridized carbons (Fsp3) is 0.143. The van der Waals surface area contributed by atoms with Crippen LogP contribution < -0.4 is 14.8 Å². The zero-order chi connectivity index (χ0) is 18.8. The quantitative estimate of drug-likeness (QED) is 0.569. The molecule has 6 heteroatoms. The van der Waals surface area contributed by atoms with E-state index in [1.54, 1.807) is 20.4 Å². The van der Waals surface area contributed by atoms with Gasteiger partial charge in [-0.3, -0.25) is 0 Å². The average Bonchev–Trinajstić information content (AvgIpc) is 3.17. The first kappa shape index (κ1) is 16.9. The summed E-state index contributed by atoms with van der Waals surface area (Å²) in [4.78, 5) is 9.22. The molecule has 0 spiro atoms. The van der Waals surface area contributed by atoms with E-state index in [1.807, 2.05) is 35.0 Å². The van der Waals surface area contributed by atoms with Gasteiger partial charge in [0.1, 0.15) is 0 Å². The van der Waals surface area contributed by atoms with Crippen molar-refractivity contribution in [1.29, 1.82) is 0 Å². The van der Waals surface area contributed by atoms with Crippen LogP contribution in [0.3, 0.4) is 0 Å². The van der Waals surface area contributed by atoms with E-state index >= 15 is 0 Å². The fourth-order valence-corrected chi connectivity index (χ4v) is 2.93. The van der Waals surface area contributed by atoms with E-state index in [0.29, 0.717) is 17.3 Å². The first-order valence-corrected chi connectivity index (χ1v) is 8.58. The van der Waals surface area contributed by atoms with Crippen LogP contribution in [0.15, 0.2) is 61.1 Å². The van der Waals surface area contributed by atoms with Gasteiger partial charge in [-0.25, -0.2) is 9.97 Å². The number of rotatable bonds is 5. The molecule has 0 saturated carbocycles. The van der Waals surface area contributed by atoms with E-state index in [2.05, 4.69) is 41.5 Å². The lowest BCUT2D eigenvalue weighted by Gasteiger charge is -2.12. The van der Waals surface area contributed by atoms with Crippen molar-refractivity contribution in [2.24, 2.45) is 0 Å². The van der Waals surface area contributed by atoms with Gasteiger partial charge in [0.2, 0.25) is 0 Å². The molecule has 0 atom stereocenters. The Morgan fingerprint density at radius 1 is 0.963 bits per heavy atom. The molecule has 0 aliphatic rings. The number of aryl methyl sites for hydroxylation is 1. The lowest BCUT2D eigenvalue weighted by atomic mass is 10.1. The van der Waals surface area contributed by atoms with Crippen LogP contribution >= 0.6 is 0 Å². The molecule has 0 unspecified atom stereocenters. The van der Waals surface area contributed by atoms with Gasteiger partial charge in [-0.15, -0.1) is 0 Å². The lowest BCUT2D eigenvalue weighted by molar-refractivity contribution is 0.355. The van der Waals surface area contributed by atoms with Gasteiger partial charge in [0, 0.05) is 35.9 Å². The van der Waals surface area contributed by atoms with Crippen molar-refractivity contribution >= 4 is 17.2 Å². The molecule has 6 nitrogen and oxygen atoms in total. The van der Waals surface area contributed by atoms with E-state index in [9.17, 15) is 0 Å². The summed E-state index contributed by atoms with van der Waals surface area (Å²) < 4.78 is 12.6. The van der Waals surface area contributed by atoms with Gasteiger partial charge in [-0.05, 0) is 19.1 Å². The van der Waals surface area contributed by atoms with Crippen LogP contribution in [0.2, 0.25) is 0 Å². The first-order valence-electron chi connectivity index (χ1n) is 8.58. The third-order valence-corrected chi connectivity index (χ3v) is 4.37. The summed E-state index contributed by atoms with van der Waals surface area (Å²) in [6, 6.07) is 13.9. The molecular weight excluding hydrogens is 340 g/mol. The molecule has 4 rings (SSSR count). The van der Waals surface area contributed by atoms with Crippen LogP contribution in [0, 0.1) is 6.92 Å². The number of hydrogen-bond donors (Lipinski definition) is 1. The van der Waals surface area contributed by atoms with Gasteiger partial charge in [0.05, 0.1) is 19.9 Å². The SMILES string of the molecule is COc1ccc(Nc2nc(-c3ccc(C)cc3)cn3ccnc23)cc1OC. The molecule has 27 heavy (non-hydrogen) atoms. The number of nitrogens with one attached hydrogen (secondary N) is 1. The smallest absolute Gasteiger partial charge is 0.180 e. The van der Waals surface area contributed by atoms with Crippen LogP contribution in [0.25, 0.3) is 16.9 Å². The fourth-order valence-electron chi connectivity index (χ4n) is 2.93. The minimum Gasteiger partial charge on any atom is -0.493 e. The van der Waals surface area contributed by atoms with Gasteiger partial charge in [-0.2, -0.15) is 0 Å². The van der Waals surface area contributed by atoms with Crippen molar-refractivity contribution < 1.29 is 9.47 Å². The van der Waals surface area contributed by atoms with E-state index in [-0.39, 0.29) is 0 Å². The number of ether oxygens (including phenoxy) is 2. The molecule has 0 radical (unpaired) electrons. The Labute approximate surface area is 157 Å². The summed E-state index contributed by atoms with van der Waals surface area (Å²) in [6.45, 7) is 2.07. The normalized spacial score (nSPS) is 10.8. The molecule has 0 saturated heterocycles. The first-order chi connectivity index (χ1) is 13.2. The molecular formula is C21H20N4O2. The van der Waals surface area contributed by atoms with Crippen molar-refractivity contribution in [3.63, 3.8) is 0 Å². The predicted octanol–water partition coefficient (Wildman–Crippen LogP) is 4.47. The molecule has 0 amide bonds. The number of benzene rings is 2. The third kappa shape index (κ3) is 3.29. The highest BCUT2D eigenvalue weighted by molar-refractivity contribution is 5.74. The zero-order valence-electron chi connectivity index (χ0n) is 15.4. The standard InChI is InChI=1S/C21H20N4O2/c1-14-4-6-15(7-5-14)17-13-25-11-10-22-21(25)20(24-17)23-16-8-9-18(26-2)19(12-16)27-3/h4-13H,1-3H3,(H,23,24). The van der Waals surface area contributed by atoms with Crippen LogP contribution in [0.5, 0.6) is 11.5 Å². The largest absolute Gasteiger partial charge is 0.493 e. The third-order valence-electron chi connectivity index (χ3n) is 4.37. The van der Waals surface area contributed by atoms with Gasteiger partial charge in [-0.1, -0.05) is 29.8 Å². The van der Waals surface area contributed by atoms with Crippen molar-refractivity contribution in [1.82, 2.24) is 14.4 Å². The molecule has 0 fully saturated rings. The number of imidazole rings is 1. The molecule has 2 aromatic heterocycles. The summed E-state index contributed by atoms with van der Waals surface area (Å²) in [7, 11) is 3.23. The Hall–Kier alpha value is -3.54. The van der Waals surface area contributed by atoms with Crippen LogP contribution in [0.4, 0.5) is 11.5 Å². The van der Waals surface area contributed by atoms with Crippen LogP contribution in [-0.4, -0.2) is 28.6 Å². The predicted molar refractivity (Wildman–Crippen MR) is 106 cm³/mol. The Bertz CT molecular complexity index is 1090. The molecule has 1 N–H and O–H groups in total. The zero-order valence-corrected chi connectivity index (χ0v) is 15.4. The Kier molecular flexibility index (Phi) is 4.38. The molecule has 136 valence electrons. The highest BCUT2D eigenvalue weighted by Crippen LogP contribution is 2.32. The monoisotopic (exact) mass is 360 g/mol. The van der Waals surface area contributed by atoms with Gasteiger partial charge in [0.15, 0.2) is 23.0 Å². The molecule has 0 aliphatic heterocycles. The van der Waals surface area contributed by atoms with Gasteiger partial charge in [0.25, 0.3) is 0 Å². The summed E-state index contributed by atoms with van der Waals surface area (Å²) in [6.07, 6.45) is 5.65. The molecule has 4 aromatic rings. The Morgan fingerprint density at radius 3 is 2.48 bits per heavy atom. The van der Waals surface area contributed by atoms with Crippen LogP contribution in [-0.2, 0) is 0 Å². The van der Waals surface area contributed by atoms with Gasteiger partial charge >= 0.3 is 0 Å². The van der Waals surface area contributed by atoms with E-state index < -0.39 is 0 Å². The average molecular weight is 360 g/mol. The number of fused-ring (bicyclic) bond motifs is 1. The maximum Gasteiger partial charge on any atom is 0.180 e. The Morgan fingerprint density at radius 2 is 1.74 bits per heavy atom. The summed E-state index contributed by atoms with van der Waals surface area (Å²) >= 11 is 0. The maximum absolute atomic E-state index is 5.39. The minimum atomic E-state index is 0.650. The Balaban J connectivity index is 1.77. The maximum atomic E-state index is 5.39. The second kappa shape index (κ2) is 6.99. The highest BCUT2D eigenvalue weighted by Gasteiger charge is 2.11. The molecule has 2 heterocycles. The van der Waals surface area contributed by atoms with Crippen molar-refractivity contribution in [3.8, 4) is 22.8 Å². The van der Waals surface area contributed by atoms with Gasteiger partial charge < -0.3 is 19.2 Å². The second-order valence-corrected chi connectivity index (χ2v) is 6.19. The van der Waals surface area contributed by atoms with Crippen LogP contribution in [0.1, 0.15) is 5.56 Å². The molecule has 0 aliphatic carbocycles. The lowest BCUT2D eigenvalue weighted by Crippen LogP contribution is -2.01. The summed E-state index contributed by atoms with van der Waals surface area (Å²) in [5.74, 6) is 2.00. The number of hydrogen-bond acceptors (Lipinski definition) is 5. The van der Waals surface area contributed by atoms with E-state index in [1.165, 1.54) is 5.56 Å². The summed E-state index contributed by atoms with van der Waals surface area (Å²) in [5.41, 5.74) is 4.72. The molecule has 0 bridgehead atoms. The highest BCUT2D eigenvalue weighted by atomic mass is 16.5. The number of nitrogens with zero attached hydrogens (tertiary/aromatic N) is 3. The van der Waals surface area contributed by atoms with E-state index in [4.69, 9.17) is 14.5 Å². The number of aromatic nitrogens is 3. The van der Waals surface area contributed by atoms with Crippen molar-refractivity contribution in [2.75, 3.05) is 19.5 Å². The van der Waals surface area contributed by atoms with Crippen molar-refractivity contribution in [3.05, 3.63) is 66.6 Å². The van der Waals surface area contributed by atoms with E-state index in [0.717, 1.165) is 22.6 Å². The second-order valence-electron chi connectivity index (χ2n) is 6.19. The molecule has 2 aromatic carbocycles. The summed E-state index contributed by atoms with van der Waals surface area (Å²) in [5, 5.41) is 3.35. The van der Waals surface area contributed by atoms with Crippen molar-refractivity contribution in [2.45, 2.75) is 6.92 Å². The number of anilines is 2. The minimum absolute atomic E-state index is 0.650.